The molecule has 0 spiro atoms. The average Bonchev–Trinajstić information content (AvgIpc) is 3.10. The van der Waals surface area contributed by atoms with Crippen molar-refractivity contribution in [1.29, 1.82) is 0 Å². The first-order valence-electron chi connectivity index (χ1n) is 14.2. The Morgan fingerprint density at radius 3 is 1.82 bits per heavy atom. The van der Waals surface area contributed by atoms with Gasteiger partial charge < -0.3 is 18.0 Å². The maximum absolute atomic E-state index is 13.0. The monoisotopic (exact) mass is 600 g/mol. The molecule has 1 saturated heterocycles. The van der Waals surface area contributed by atoms with Crippen LogP contribution >= 0.6 is 0 Å². The van der Waals surface area contributed by atoms with Crippen LogP contribution in [0.4, 0.5) is 0 Å². The molecule has 0 unspecified atom stereocenters. The zero-order valence-electron chi connectivity index (χ0n) is 27.3. The zero-order chi connectivity index (χ0) is 30.4. The molecule has 0 aliphatic carbocycles. The fourth-order valence-corrected chi connectivity index (χ4v) is 6.85. The molecule has 0 bridgehead atoms. The van der Waals surface area contributed by atoms with E-state index in [2.05, 4.69) is 107 Å². The van der Waals surface area contributed by atoms with E-state index in [0.29, 0.717) is 18.6 Å². The fourth-order valence-electron chi connectivity index (χ4n) is 3.53. The SMILES string of the molecule is CC(C)(C)[Si](C)(C)OCc1cn([C@H]2C[C@H](O[Si](C)(C)C(C)(C)C)[C@@H](CO[Si](C)(C)C(C)(C)C)O2)c(=O)[nH]c1=O. The molecule has 1 N–H and O–H groups in total. The van der Waals surface area contributed by atoms with Gasteiger partial charge in [-0.3, -0.25) is 14.3 Å². The smallest absolute Gasteiger partial charge is 0.330 e. The summed E-state index contributed by atoms with van der Waals surface area (Å²) in [6.45, 7) is 33.5. The van der Waals surface area contributed by atoms with Gasteiger partial charge >= 0.3 is 5.69 Å². The topological polar surface area (TPSA) is 91.8 Å². The van der Waals surface area contributed by atoms with Crippen molar-refractivity contribution >= 4 is 25.0 Å². The van der Waals surface area contributed by atoms with E-state index in [0.717, 1.165) is 0 Å². The number of hydrogen-bond acceptors (Lipinski definition) is 6. The Hall–Kier alpha value is -0.829. The largest absolute Gasteiger partial charge is 0.414 e. The van der Waals surface area contributed by atoms with Crippen molar-refractivity contribution in [3.63, 3.8) is 0 Å². The van der Waals surface area contributed by atoms with Crippen molar-refractivity contribution in [3.05, 3.63) is 32.6 Å². The van der Waals surface area contributed by atoms with Crippen molar-refractivity contribution in [2.75, 3.05) is 6.61 Å². The van der Waals surface area contributed by atoms with Gasteiger partial charge in [0.2, 0.25) is 0 Å². The van der Waals surface area contributed by atoms with Crippen molar-refractivity contribution in [2.45, 2.75) is 148 Å². The molecular weight excluding hydrogens is 545 g/mol. The summed E-state index contributed by atoms with van der Waals surface area (Å²) in [5.41, 5.74) is -0.483. The Labute approximate surface area is 239 Å². The first-order chi connectivity index (χ1) is 17.3. The van der Waals surface area contributed by atoms with E-state index < -0.39 is 42.4 Å². The van der Waals surface area contributed by atoms with E-state index in [1.165, 1.54) is 4.57 Å². The highest BCUT2D eigenvalue weighted by Gasteiger charge is 2.47. The summed E-state index contributed by atoms with van der Waals surface area (Å²) in [5.74, 6) is 0. The van der Waals surface area contributed by atoms with Crippen molar-refractivity contribution < 1.29 is 18.0 Å². The van der Waals surface area contributed by atoms with Crippen molar-refractivity contribution in [1.82, 2.24) is 9.55 Å². The van der Waals surface area contributed by atoms with Gasteiger partial charge in [-0.2, -0.15) is 0 Å². The maximum Gasteiger partial charge on any atom is 0.330 e. The highest BCUT2D eigenvalue weighted by molar-refractivity contribution is 6.74. The zero-order valence-corrected chi connectivity index (χ0v) is 30.3. The number of nitrogens with one attached hydrogen (secondary N) is 1. The van der Waals surface area contributed by atoms with E-state index in [9.17, 15) is 9.59 Å². The molecule has 1 aliphatic heterocycles. The third-order valence-corrected chi connectivity index (χ3v) is 23.1. The van der Waals surface area contributed by atoms with Gasteiger partial charge in [-0.15, -0.1) is 0 Å². The Kier molecular flexibility index (Phi) is 10.1. The molecule has 11 heteroatoms. The second-order valence-electron chi connectivity index (χ2n) is 15.7. The first-order valence-corrected chi connectivity index (χ1v) is 23.0. The molecule has 8 nitrogen and oxygen atoms in total. The van der Waals surface area contributed by atoms with Gasteiger partial charge in [0.25, 0.3) is 5.56 Å². The van der Waals surface area contributed by atoms with Gasteiger partial charge in [-0.05, 0) is 54.4 Å². The van der Waals surface area contributed by atoms with Gasteiger partial charge in [0.15, 0.2) is 25.0 Å². The van der Waals surface area contributed by atoms with E-state index in [-0.39, 0.29) is 33.9 Å². The van der Waals surface area contributed by atoms with Crippen LogP contribution in [-0.2, 0) is 24.6 Å². The van der Waals surface area contributed by atoms with Gasteiger partial charge in [-0.25, -0.2) is 4.79 Å². The third-order valence-electron chi connectivity index (χ3n) is 9.59. The molecule has 1 fully saturated rings. The summed E-state index contributed by atoms with van der Waals surface area (Å²) in [6.07, 6.45) is 1.02. The number of ether oxygens (including phenoxy) is 1. The Morgan fingerprint density at radius 2 is 1.33 bits per heavy atom. The lowest BCUT2D eigenvalue weighted by Gasteiger charge is -2.40. The molecule has 3 atom stereocenters. The minimum Gasteiger partial charge on any atom is -0.414 e. The molecule has 0 aromatic carbocycles. The van der Waals surface area contributed by atoms with E-state index >= 15 is 0 Å². The van der Waals surface area contributed by atoms with E-state index in [1.807, 2.05) is 0 Å². The standard InChI is InChI=1S/C28H56N2O6Si3/c1-26(2,3)37(10,11)33-18-20-17-30(25(32)29-24(20)31)23-16-21(36-39(14,15)28(7,8)9)22(35-23)19-34-38(12,13)27(4,5)6/h17,21-23H,16,18-19H2,1-15H3,(H,29,31,32)/t21-,22+,23+/m0/s1. The fraction of sp³-hybridized carbons (Fsp3) is 0.857. The molecule has 0 radical (unpaired) electrons. The molecule has 226 valence electrons. The molecule has 0 saturated carbocycles. The lowest BCUT2D eigenvalue weighted by Crippen LogP contribution is -2.48. The Balaban J connectivity index is 2.38. The van der Waals surface area contributed by atoms with Crippen LogP contribution in [0.1, 0.15) is 80.5 Å². The number of nitrogens with zero attached hydrogens (tertiary/aromatic N) is 1. The average molecular weight is 601 g/mol. The summed E-state index contributed by atoms with van der Waals surface area (Å²) < 4.78 is 27.7. The van der Waals surface area contributed by atoms with Gasteiger partial charge in [0.05, 0.1) is 24.9 Å². The van der Waals surface area contributed by atoms with Crippen LogP contribution < -0.4 is 11.2 Å². The summed E-state index contributed by atoms with van der Waals surface area (Å²) in [4.78, 5) is 28.2. The molecule has 1 aromatic rings. The van der Waals surface area contributed by atoms with Crippen molar-refractivity contribution in [2.24, 2.45) is 0 Å². The van der Waals surface area contributed by atoms with Crippen LogP contribution in [-0.4, -0.2) is 53.3 Å². The molecule has 1 aromatic heterocycles. The highest BCUT2D eigenvalue weighted by atomic mass is 28.4. The van der Waals surface area contributed by atoms with Crippen LogP contribution in [0.3, 0.4) is 0 Å². The molecule has 2 rings (SSSR count). The summed E-state index contributed by atoms with van der Waals surface area (Å²) in [7, 11) is -6.23. The van der Waals surface area contributed by atoms with Gasteiger partial charge in [0, 0.05) is 12.6 Å². The minimum atomic E-state index is -2.12. The molecule has 2 heterocycles. The van der Waals surface area contributed by atoms with E-state index in [4.69, 9.17) is 18.0 Å². The van der Waals surface area contributed by atoms with Gasteiger partial charge in [-0.1, -0.05) is 62.3 Å². The molecule has 1 aliphatic rings. The number of H-pyrrole nitrogens is 1. The summed E-state index contributed by atoms with van der Waals surface area (Å²) >= 11 is 0. The second kappa shape index (κ2) is 11.5. The molecule has 0 amide bonds. The van der Waals surface area contributed by atoms with E-state index in [1.54, 1.807) is 6.20 Å². The molecular formula is C28H56N2O6Si3. The van der Waals surface area contributed by atoms with Crippen LogP contribution in [0.5, 0.6) is 0 Å². The lowest BCUT2D eigenvalue weighted by atomic mass is 10.2. The van der Waals surface area contributed by atoms with Crippen LogP contribution in [0, 0.1) is 0 Å². The number of aromatic nitrogens is 2. The van der Waals surface area contributed by atoms with Gasteiger partial charge in [0.1, 0.15) is 12.3 Å². The normalized spacial score (nSPS) is 22.0. The minimum absolute atomic E-state index is 0.00838. The van der Waals surface area contributed by atoms with Crippen LogP contribution in [0.15, 0.2) is 15.8 Å². The Morgan fingerprint density at radius 1 is 0.846 bits per heavy atom. The predicted octanol–water partition coefficient (Wildman–Crippen LogP) is 6.76. The summed E-state index contributed by atoms with van der Waals surface area (Å²) in [5, 5.41) is 0.100. The Bertz CT molecular complexity index is 1110. The number of rotatable bonds is 9. The number of aromatic amines is 1. The number of hydrogen-bond donors (Lipinski definition) is 1. The van der Waals surface area contributed by atoms with Crippen LogP contribution in [0.25, 0.3) is 0 Å². The molecule has 39 heavy (non-hydrogen) atoms. The first kappa shape index (κ1) is 34.4. The van der Waals surface area contributed by atoms with Crippen LogP contribution in [0.2, 0.25) is 54.4 Å². The second-order valence-corrected chi connectivity index (χ2v) is 30.1. The highest BCUT2D eigenvalue weighted by Crippen LogP contribution is 2.42. The van der Waals surface area contributed by atoms with Crippen molar-refractivity contribution in [3.8, 4) is 0 Å². The third kappa shape index (κ3) is 8.14. The predicted molar refractivity (Wildman–Crippen MR) is 167 cm³/mol. The maximum atomic E-state index is 13.0. The summed E-state index contributed by atoms with van der Waals surface area (Å²) in [6, 6.07) is 0. The quantitative estimate of drug-likeness (QED) is 0.315. The lowest BCUT2D eigenvalue weighted by molar-refractivity contribution is -0.0413.